The molecule has 21 heavy (non-hydrogen) atoms. The molecule has 2 rings (SSSR count). The maximum absolute atomic E-state index is 10.8. The number of aryl methyl sites for hydroxylation is 1. The maximum atomic E-state index is 10.8. The van der Waals surface area contributed by atoms with E-state index < -0.39 is 10.9 Å². The highest BCUT2D eigenvalue weighted by Crippen LogP contribution is 2.22. The molecule has 0 atom stereocenters. The third-order valence-corrected chi connectivity index (χ3v) is 2.75. The topological polar surface area (TPSA) is 119 Å². The van der Waals surface area contributed by atoms with Gasteiger partial charge in [0.15, 0.2) is 0 Å². The van der Waals surface area contributed by atoms with E-state index in [1.54, 1.807) is 12.1 Å². The number of furan rings is 1. The van der Waals surface area contributed by atoms with Crippen molar-refractivity contribution >= 4 is 17.3 Å². The lowest BCUT2D eigenvalue weighted by molar-refractivity contribution is -0.384. The number of hydrogen-bond acceptors (Lipinski definition) is 6. The Labute approximate surface area is 119 Å². The van der Waals surface area contributed by atoms with Crippen LogP contribution < -0.4 is 5.32 Å². The number of carbonyl (C=O) groups is 1. The molecule has 2 aromatic rings. The second kappa shape index (κ2) is 6.51. The fourth-order valence-corrected chi connectivity index (χ4v) is 1.75. The van der Waals surface area contributed by atoms with Crippen LogP contribution in [-0.2, 0) is 17.8 Å². The molecule has 2 heterocycles. The first-order valence-corrected chi connectivity index (χ1v) is 6.18. The molecule has 0 unspecified atom stereocenters. The van der Waals surface area contributed by atoms with Gasteiger partial charge in [-0.15, -0.1) is 0 Å². The van der Waals surface area contributed by atoms with Gasteiger partial charge < -0.3 is 14.8 Å². The normalized spacial score (nSPS) is 10.3. The Hall–Kier alpha value is -2.90. The number of rotatable bonds is 7. The van der Waals surface area contributed by atoms with Crippen molar-refractivity contribution in [2.75, 3.05) is 5.32 Å². The minimum atomic E-state index is -0.890. The molecule has 0 aliphatic rings. The van der Waals surface area contributed by atoms with E-state index in [1.165, 1.54) is 18.5 Å². The number of aliphatic carboxylic acids is 1. The predicted molar refractivity (Wildman–Crippen MR) is 72.9 cm³/mol. The van der Waals surface area contributed by atoms with Crippen molar-refractivity contribution in [2.24, 2.45) is 0 Å². The van der Waals surface area contributed by atoms with Crippen LogP contribution in [0.2, 0.25) is 0 Å². The van der Waals surface area contributed by atoms with Crippen LogP contribution in [0.4, 0.5) is 11.4 Å². The highest BCUT2D eigenvalue weighted by molar-refractivity contribution is 5.66. The van der Waals surface area contributed by atoms with Gasteiger partial charge in [0, 0.05) is 12.6 Å². The van der Waals surface area contributed by atoms with Crippen LogP contribution in [0.3, 0.4) is 0 Å². The van der Waals surface area contributed by atoms with Gasteiger partial charge in [0.1, 0.15) is 23.4 Å². The van der Waals surface area contributed by atoms with Gasteiger partial charge in [-0.2, -0.15) is 0 Å². The zero-order valence-corrected chi connectivity index (χ0v) is 11.0. The number of carboxylic acid groups (broad SMARTS) is 1. The smallest absolute Gasteiger partial charge is 0.310 e. The highest BCUT2D eigenvalue weighted by atomic mass is 16.6. The molecule has 0 fully saturated rings. The van der Waals surface area contributed by atoms with E-state index in [-0.39, 0.29) is 18.7 Å². The summed E-state index contributed by atoms with van der Waals surface area (Å²) in [6, 6.07) is 4.91. The fraction of sp³-hybridized carbons (Fsp3) is 0.231. The number of nitrogens with zero attached hydrogens (tertiary/aromatic N) is 2. The highest BCUT2D eigenvalue weighted by Gasteiger charge is 2.13. The number of nitrogens with one attached hydrogen (secondary N) is 1. The molecule has 0 aliphatic carbocycles. The minimum Gasteiger partial charge on any atom is -0.481 e. The van der Waals surface area contributed by atoms with Crippen molar-refractivity contribution < 1.29 is 19.2 Å². The van der Waals surface area contributed by atoms with Crippen LogP contribution in [0.1, 0.15) is 17.9 Å². The van der Waals surface area contributed by atoms with Crippen LogP contribution in [0.25, 0.3) is 0 Å². The molecule has 0 saturated carbocycles. The zero-order valence-electron chi connectivity index (χ0n) is 11.0. The zero-order chi connectivity index (χ0) is 15.2. The van der Waals surface area contributed by atoms with Crippen LogP contribution in [0.5, 0.6) is 0 Å². The molecule has 8 heteroatoms. The molecule has 0 amide bonds. The number of pyridine rings is 1. The Morgan fingerprint density at radius 2 is 2.14 bits per heavy atom. The number of nitro groups is 1. The molecular formula is C13H13N3O5. The summed E-state index contributed by atoms with van der Waals surface area (Å²) in [6.45, 7) is 0.262. The van der Waals surface area contributed by atoms with Gasteiger partial charge in [-0.25, -0.2) is 0 Å². The first kappa shape index (κ1) is 14.5. The Bertz CT molecular complexity index is 653. The molecule has 0 spiro atoms. The minimum absolute atomic E-state index is 0.00376. The van der Waals surface area contributed by atoms with E-state index >= 15 is 0 Å². The molecule has 0 aliphatic heterocycles. The van der Waals surface area contributed by atoms with E-state index in [2.05, 4.69) is 10.3 Å². The molecule has 0 aromatic carbocycles. The van der Waals surface area contributed by atoms with E-state index in [0.717, 1.165) is 0 Å². The fourth-order valence-electron chi connectivity index (χ4n) is 1.75. The standard InChI is InChI=1S/C13H13N3O5/c17-13(18)4-3-9-1-2-10(21-9)7-15-11-5-6-14-8-12(11)16(19)20/h1-2,5-6,8H,3-4,7H2,(H,14,15)(H,17,18). The third-order valence-electron chi connectivity index (χ3n) is 2.75. The summed E-state index contributed by atoms with van der Waals surface area (Å²) in [7, 11) is 0. The average Bonchev–Trinajstić information content (AvgIpc) is 2.91. The van der Waals surface area contributed by atoms with Crippen LogP contribution in [0, 0.1) is 10.1 Å². The molecule has 0 radical (unpaired) electrons. The molecule has 2 N–H and O–H groups in total. The van der Waals surface area contributed by atoms with Gasteiger partial charge >= 0.3 is 11.7 Å². The van der Waals surface area contributed by atoms with Crippen molar-refractivity contribution in [1.29, 1.82) is 0 Å². The van der Waals surface area contributed by atoms with Gasteiger partial charge in [-0.3, -0.25) is 19.9 Å². The van der Waals surface area contributed by atoms with E-state index in [1.807, 2.05) is 0 Å². The van der Waals surface area contributed by atoms with E-state index in [4.69, 9.17) is 9.52 Å². The van der Waals surface area contributed by atoms with Crippen LogP contribution in [-0.4, -0.2) is 21.0 Å². The second-order valence-electron chi connectivity index (χ2n) is 4.27. The quantitative estimate of drug-likeness (QED) is 0.593. The number of aromatic nitrogens is 1. The van der Waals surface area contributed by atoms with Crippen molar-refractivity contribution in [1.82, 2.24) is 4.98 Å². The first-order valence-electron chi connectivity index (χ1n) is 6.18. The lowest BCUT2D eigenvalue weighted by Gasteiger charge is -2.04. The molecule has 0 bridgehead atoms. The molecule has 2 aromatic heterocycles. The van der Waals surface area contributed by atoms with Crippen LogP contribution >= 0.6 is 0 Å². The van der Waals surface area contributed by atoms with Gasteiger partial charge in [0.2, 0.25) is 0 Å². The van der Waals surface area contributed by atoms with Gasteiger partial charge in [-0.1, -0.05) is 0 Å². The van der Waals surface area contributed by atoms with Crippen molar-refractivity contribution in [2.45, 2.75) is 19.4 Å². The lowest BCUT2D eigenvalue weighted by atomic mass is 10.2. The number of hydrogen-bond donors (Lipinski definition) is 2. The Morgan fingerprint density at radius 1 is 1.38 bits per heavy atom. The summed E-state index contributed by atoms with van der Waals surface area (Å²) in [4.78, 5) is 24.5. The number of carboxylic acids is 1. The predicted octanol–water partition coefficient (Wildman–Crippen LogP) is 2.21. The van der Waals surface area contributed by atoms with Gasteiger partial charge in [-0.05, 0) is 18.2 Å². The maximum Gasteiger partial charge on any atom is 0.310 e. The van der Waals surface area contributed by atoms with Crippen molar-refractivity contribution in [3.05, 3.63) is 52.2 Å². The summed E-state index contributed by atoms with van der Waals surface area (Å²) in [6.07, 6.45) is 2.93. The first-order chi connectivity index (χ1) is 10.1. The molecule has 0 saturated heterocycles. The van der Waals surface area contributed by atoms with E-state index in [9.17, 15) is 14.9 Å². The lowest BCUT2D eigenvalue weighted by Crippen LogP contribution is -2.02. The molecule has 110 valence electrons. The number of anilines is 1. The van der Waals surface area contributed by atoms with Gasteiger partial charge in [0.05, 0.1) is 17.9 Å². The Balaban J connectivity index is 1.97. The average molecular weight is 291 g/mol. The molecule has 8 nitrogen and oxygen atoms in total. The summed E-state index contributed by atoms with van der Waals surface area (Å²) in [5.74, 6) is 0.249. The van der Waals surface area contributed by atoms with E-state index in [0.29, 0.717) is 23.6 Å². The summed E-state index contributed by atoms with van der Waals surface area (Å²) < 4.78 is 5.44. The summed E-state index contributed by atoms with van der Waals surface area (Å²) in [5.41, 5.74) is 0.230. The summed E-state index contributed by atoms with van der Waals surface area (Å²) >= 11 is 0. The SMILES string of the molecule is O=C(O)CCc1ccc(CNc2ccncc2[N+](=O)[O-])o1. The monoisotopic (exact) mass is 291 g/mol. The summed E-state index contributed by atoms with van der Waals surface area (Å²) in [5, 5.41) is 22.3. The van der Waals surface area contributed by atoms with Crippen LogP contribution in [0.15, 0.2) is 35.0 Å². The molecular weight excluding hydrogens is 278 g/mol. The van der Waals surface area contributed by atoms with Crippen molar-refractivity contribution in [3.63, 3.8) is 0 Å². The second-order valence-corrected chi connectivity index (χ2v) is 4.27. The Morgan fingerprint density at radius 3 is 2.86 bits per heavy atom. The Kier molecular flexibility index (Phi) is 4.50. The van der Waals surface area contributed by atoms with Gasteiger partial charge in [0.25, 0.3) is 0 Å². The van der Waals surface area contributed by atoms with Crippen molar-refractivity contribution in [3.8, 4) is 0 Å². The third kappa shape index (κ3) is 4.03. The largest absolute Gasteiger partial charge is 0.481 e.